The van der Waals surface area contributed by atoms with Gasteiger partial charge in [-0.15, -0.1) is 24.8 Å². The van der Waals surface area contributed by atoms with Crippen LogP contribution >= 0.6 is 64.7 Å². The fourth-order valence-corrected chi connectivity index (χ4v) is 5.92. The van der Waals surface area contributed by atoms with Crippen LogP contribution in [0.1, 0.15) is 12.0 Å². The molecule has 0 radical (unpaired) electrons. The average Bonchev–Trinajstić information content (AvgIpc) is 3.22. The van der Waals surface area contributed by atoms with Crippen LogP contribution in [-0.2, 0) is 4.79 Å². The summed E-state index contributed by atoms with van der Waals surface area (Å²) in [6.07, 6.45) is 2.85. The lowest BCUT2D eigenvalue weighted by atomic mass is 10.2. The van der Waals surface area contributed by atoms with Crippen LogP contribution in [0.15, 0.2) is 82.2 Å². The predicted molar refractivity (Wildman–Crippen MR) is 181 cm³/mol. The van der Waals surface area contributed by atoms with Crippen LogP contribution in [0.4, 0.5) is 5.69 Å². The molecule has 0 bridgehead atoms. The van der Waals surface area contributed by atoms with E-state index in [9.17, 15) is 4.79 Å². The molecule has 11 heteroatoms. The smallest absolute Gasteiger partial charge is 0.270 e. The van der Waals surface area contributed by atoms with E-state index in [1.807, 2.05) is 78.9 Å². The minimum atomic E-state index is -0.124. The van der Waals surface area contributed by atoms with Gasteiger partial charge in [0.2, 0.25) is 0 Å². The second kappa shape index (κ2) is 15.9. The van der Waals surface area contributed by atoms with Gasteiger partial charge in [0.15, 0.2) is 4.32 Å². The lowest BCUT2D eigenvalue weighted by Gasteiger charge is -2.32. The van der Waals surface area contributed by atoms with Gasteiger partial charge in [-0.1, -0.05) is 52.0 Å². The second-order valence-electron chi connectivity index (χ2n) is 9.48. The average molecular weight is 698 g/mol. The molecule has 0 saturated carbocycles. The van der Waals surface area contributed by atoms with Gasteiger partial charge < -0.3 is 19.3 Å². The number of thiocarbonyl (C=S) groups is 1. The van der Waals surface area contributed by atoms with E-state index in [1.54, 1.807) is 4.90 Å². The van der Waals surface area contributed by atoms with Crippen molar-refractivity contribution in [1.29, 1.82) is 0 Å². The summed E-state index contributed by atoms with van der Waals surface area (Å²) >= 11 is 10.3. The molecule has 2 aliphatic rings. The normalized spacial score (nSPS) is 16.8. The van der Waals surface area contributed by atoms with Crippen molar-refractivity contribution in [2.75, 3.05) is 51.3 Å². The molecule has 218 valence electrons. The van der Waals surface area contributed by atoms with Gasteiger partial charge in [-0.25, -0.2) is 0 Å². The third kappa shape index (κ3) is 9.19. The molecule has 0 aromatic heterocycles. The summed E-state index contributed by atoms with van der Waals surface area (Å²) in [6.45, 7) is 6.22. The number of piperazine rings is 1. The van der Waals surface area contributed by atoms with Gasteiger partial charge in [-0.05, 0) is 85.8 Å². The molecule has 0 aliphatic carbocycles. The number of thioether (sulfide) groups is 1. The standard InChI is InChI=1S/C30H30BrN3O3S2.2ClH/c1-32-16-18-33(19-17-32)15-2-20-36-25-13-7-24(8-14-25)34-29(35)28(39-30(34)38)21-22-3-9-26(10-4-22)37-27-11-5-23(31)6-12-27;;/h3-14,21H,2,15-20H2,1H3;2*1H. The molecule has 0 unspecified atom stereocenters. The summed E-state index contributed by atoms with van der Waals surface area (Å²) in [5.74, 6) is 2.15. The first-order valence-electron chi connectivity index (χ1n) is 12.9. The number of rotatable bonds is 9. The maximum absolute atomic E-state index is 13.2. The van der Waals surface area contributed by atoms with E-state index in [0.717, 1.165) is 72.1 Å². The van der Waals surface area contributed by atoms with Crippen LogP contribution in [0.2, 0.25) is 0 Å². The fraction of sp³-hybridized carbons (Fsp3) is 0.267. The summed E-state index contributed by atoms with van der Waals surface area (Å²) in [6, 6.07) is 22.9. The molecule has 2 fully saturated rings. The fourth-order valence-electron chi connectivity index (χ4n) is 4.35. The molecule has 1 amide bonds. The van der Waals surface area contributed by atoms with Gasteiger partial charge in [0.05, 0.1) is 17.2 Å². The van der Waals surface area contributed by atoms with Gasteiger partial charge >= 0.3 is 0 Å². The number of halogens is 3. The highest BCUT2D eigenvalue weighted by atomic mass is 79.9. The summed E-state index contributed by atoms with van der Waals surface area (Å²) in [7, 11) is 2.17. The lowest BCUT2D eigenvalue weighted by Crippen LogP contribution is -2.44. The zero-order valence-electron chi connectivity index (χ0n) is 22.5. The van der Waals surface area contributed by atoms with E-state index in [0.29, 0.717) is 15.8 Å². The molecule has 3 aromatic rings. The second-order valence-corrected chi connectivity index (χ2v) is 12.1. The van der Waals surface area contributed by atoms with E-state index in [-0.39, 0.29) is 30.7 Å². The van der Waals surface area contributed by atoms with Gasteiger partial charge in [0.1, 0.15) is 17.2 Å². The van der Waals surface area contributed by atoms with E-state index in [2.05, 4.69) is 32.8 Å². The first-order chi connectivity index (χ1) is 18.9. The highest BCUT2D eigenvalue weighted by Crippen LogP contribution is 2.37. The van der Waals surface area contributed by atoms with E-state index < -0.39 is 0 Å². The first kappa shape index (κ1) is 33.4. The molecule has 2 heterocycles. The van der Waals surface area contributed by atoms with Crippen molar-refractivity contribution in [1.82, 2.24) is 9.80 Å². The Bertz CT molecular complexity index is 1330. The van der Waals surface area contributed by atoms with Gasteiger partial charge in [0, 0.05) is 37.2 Å². The van der Waals surface area contributed by atoms with Gasteiger partial charge in [-0.2, -0.15) is 0 Å². The van der Waals surface area contributed by atoms with Crippen molar-refractivity contribution in [2.24, 2.45) is 0 Å². The zero-order valence-corrected chi connectivity index (χ0v) is 27.4. The SMILES string of the molecule is CN1CCN(CCCOc2ccc(N3C(=O)C(=Cc4ccc(Oc5ccc(Br)cc5)cc4)SC3=S)cc2)CC1.Cl.Cl. The molecular weight excluding hydrogens is 665 g/mol. The molecule has 41 heavy (non-hydrogen) atoms. The van der Waals surface area contributed by atoms with Crippen LogP contribution in [0.3, 0.4) is 0 Å². The molecule has 2 saturated heterocycles. The minimum Gasteiger partial charge on any atom is -0.494 e. The first-order valence-corrected chi connectivity index (χ1v) is 14.9. The third-order valence-corrected chi connectivity index (χ3v) is 8.43. The van der Waals surface area contributed by atoms with Crippen molar-refractivity contribution < 1.29 is 14.3 Å². The predicted octanol–water partition coefficient (Wildman–Crippen LogP) is 7.51. The molecular formula is C30H32BrCl2N3O3S2. The molecule has 3 aromatic carbocycles. The Morgan fingerprint density at radius 3 is 2.10 bits per heavy atom. The highest BCUT2D eigenvalue weighted by Gasteiger charge is 2.33. The largest absolute Gasteiger partial charge is 0.494 e. The van der Waals surface area contributed by atoms with E-state index >= 15 is 0 Å². The molecule has 0 spiro atoms. The number of hydrogen-bond donors (Lipinski definition) is 0. The Morgan fingerprint density at radius 2 is 1.46 bits per heavy atom. The maximum Gasteiger partial charge on any atom is 0.270 e. The lowest BCUT2D eigenvalue weighted by molar-refractivity contribution is -0.113. The number of carbonyl (C=O) groups excluding carboxylic acids is 1. The van der Waals surface area contributed by atoms with Gasteiger partial charge in [0.25, 0.3) is 5.91 Å². The number of likely N-dealkylation sites (N-methyl/N-ethyl adjacent to an activating group) is 1. The monoisotopic (exact) mass is 695 g/mol. The van der Waals surface area contributed by atoms with Crippen molar-refractivity contribution in [2.45, 2.75) is 6.42 Å². The quantitative estimate of drug-likeness (QED) is 0.130. The summed E-state index contributed by atoms with van der Waals surface area (Å²) in [5.41, 5.74) is 1.64. The van der Waals surface area contributed by atoms with Crippen LogP contribution in [-0.4, -0.2) is 66.4 Å². The van der Waals surface area contributed by atoms with Crippen molar-refractivity contribution >= 4 is 86.7 Å². The van der Waals surface area contributed by atoms with E-state index in [4.69, 9.17) is 21.7 Å². The van der Waals surface area contributed by atoms with Crippen molar-refractivity contribution in [3.63, 3.8) is 0 Å². The summed E-state index contributed by atoms with van der Waals surface area (Å²) < 4.78 is 13.3. The zero-order chi connectivity index (χ0) is 27.2. The Morgan fingerprint density at radius 1 is 0.878 bits per heavy atom. The van der Waals surface area contributed by atoms with Crippen LogP contribution in [0, 0.1) is 0 Å². The van der Waals surface area contributed by atoms with Crippen LogP contribution in [0.5, 0.6) is 17.2 Å². The van der Waals surface area contributed by atoms with E-state index in [1.165, 1.54) is 11.8 Å². The number of amides is 1. The number of hydrogen-bond acceptors (Lipinski definition) is 7. The Labute approximate surface area is 272 Å². The van der Waals surface area contributed by atoms with Crippen molar-refractivity contribution in [3.8, 4) is 17.2 Å². The number of carbonyl (C=O) groups is 1. The molecule has 0 N–H and O–H groups in total. The number of anilines is 1. The Kier molecular flexibility index (Phi) is 13.0. The molecule has 0 atom stereocenters. The Balaban J connectivity index is 0.00000231. The minimum absolute atomic E-state index is 0. The molecule has 5 rings (SSSR count). The van der Waals surface area contributed by atoms with Crippen LogP contribution < -0.4 is 14.4 Å². The summed E-state index contributed by atoms with van der Waals surface area (Å²) in [4.78, 5) is 20.2. The Hall–Kier alpha value is -2.11. The maximum atomic E-state index is 13.2. The van der Waals surface area contributed by atoms with Gasteiger partial charge in [-0.3, -0.25) is 9.69 Å². The molecule has 6 nitrogen and oxygen atoms in total. The number of nitrogens with zero attached hydrogens (tertiary/aromatic N) is 3. The topological polar surface area (TPSA) is 45.2 Å². The number of ether oxygens (including phenoxy) is 2. The van der Waals surface area contributed by atoms with Crippen molar-refractivity contribution in [3.05, 3.63) is 87.7 Å². The number of benzene rings is 3. The highest BCUT2D eigenvalue weighted by molar-refractivity contribution is 9.10. The third-order valence-electron chi connectivity index (χ3n) is 6.60. The van der Waals surface area contributed by atoms with Crippen LogP contribution in [0.25, 0.3) is 6.08 Å². The molecule has 2 aliphatic heterocycles. The summed E-state index contributed by atoms with van der Waals surface area (Å²) in [5, 5.41) is 0.